The van der Waals surface area contributed by atoms with Crippen LogP contribution in [0.15, 0.2) is 4.52 Å². The third-order valence-electron chi connectivity index (χ3n) is 4.83. The van der Waals surface area contributed by atoms with Crippen LogP contribution in [0.3, 0.4) is 0 Å². The molecule has 0 aromatic carbocycles. The lowest BCUT2D eigenvalue weighted by Gasteiger charge is -2.33. The van der Waals surface area contributed by atoms with Gasteiger partial charge in [-0.15, -0.1) is 0 Å². The lowest BCUT2D eigenvalue weighted by atomic mass is 10.1. The van der Waals surface area contributed by atoms with Gasteiger partial charge < -0.3 is 24.2 Å². The Morgan fingerprint density at radius 3 is 2.96 bits per heavy atom. The fraction of sp³-hybridized carbons (Fsp3) is 0.824. The number of amides is 2. The fourth-order valence-electron chi connectivity index (χ4n) is 3.43. The highest BCUT2D eigenvalue weighted by Crippen LogP contribution is 2.19. The van der Waals surface area contributed by atoms with Crippen LogP contribution >= 0.6 is 0 Å². The van der Waals surface area contributed by atoms with Crippen molar-refractivity contribution in [2.24, 2.45) is 0 Å². The first-order chi connectivity index (χ1) is 12.2. The van der Waals surface area contributed by atoms with Gasteiger partial charge in [-0.2, -0.15) is 4.98 Å². The molecule has 0 spiro atoms. The third kappa shape index (κ3) is 5.40. The van der Waals surface area contributed by atoms with Gasteiger partial charge >= 0.3 is 6.03 Å². The van der Waals surface area contributed by atoms with Crippen LogP contribution in [0.1, 0.15) is 50.2 Å². The number of rotatable bonds is 7. The number of nitrogens with zero attached hydrogens (tertiary/aromatic N) is 3. The van der Waals surface area contributed by atoms with E-state index in [0.717, 1.165) is 32.2 Å². The number of methoxy groups -OCH3 is 1. The summed E-state index contributed by atoms with van der Waals surface area (Å²) in [4.78, 5) is 18.5. The average molecular weight is 352 g/mol. The minimum atomic E-state index is 0.0115. The molecule has 1 saturated carbocycles. The summed E-state index contributed by atoms with van der Waals surface area (Å²) in [6.07, 6.45) is 7.16. The number of piperidine rings is 1. The van der Waals surface area contributed by atoms with Crippen molar-refractivity contribution in [3.05, 3.63) is 11.7 Å². The number of carbonyl (C=O) groups excluding carboxylic acids is 1. The second-order valence-corrected chi connectivity index (χ2v) is 6.80. The molecule has 8 heteroatoms. The van der Waals surface area contributed by atoms with E-state index in [1.807, 2.05) is 4.90 Å². The summed E-state index contributed by atoms with van der Waals surface area (Å²) in [5.74, 6) is 1.10. The Bertz CT molecular complexity index is 545. The van der Waals surface area contributed by atoms with E-state index in [9.17, 15) is 4.79 Å². The molecule has 1 aliphatic heterocycles. The zero-order valence-corrected chi connectivity index (χ0v) is 14.9. The summed E-state index contributed by atoms with van der Waals surface area (Å²) in [5, 5.41) is 7.04. The molecule has 0 bridgehead atoms. The van der Waals surface area contributed by atoms with Crippen molar-refractivity contribution in [2.75, 3.05) is 26.8 Å². The summed E-state index contributed by atoms with van der Waals surface area (Å²) in [5.41, 5.74) is 0. The topological polar surface area (TPSA) is 89.7 Å². The first-order valence-corrected chi connectivity index (χ1v) is 9.22. The number of likely N-dealkylation sites (tertiary alicyclic amines) is 1. The highest BCUT2D eigenvalue weighted by Gasteiger charge is 2.27. The molecule has 8 nitrogen and oxygen atoms in total. The predicted molar refractivity (Wildman–Crippen MR) is 90.0 cm³/mol. The molecule has 2 amide bonds. The van der Waals surface area contributed by atoms with Gasteiger partial charge in [-0.25, -0.2) is 4.79 Å². The third-order valence-corrected chi connectivity index (χ3v) is 4.83. The first-order valence-electron chi connectivity index (χ1n) is 9.22. The quantitative estimate of drug-likeness (QED) is 0.806. The van der Waals surface area contributed by atoms with Crippen molar-refractivity contribution in [2.45, 2.75) is 63.7 Å². The highest BCUT2D eigenvalue weighted by molar-refractivity contribution is 5.74. The number of hydrogen-bond acceptors (Lipinski definition) is 6. The van der Waals surface area contributed by atoms with E-state index < -0.39 is 0 Å². The normalized spacial score (nSPS) is 21.6. The van der Waals surface area contributed by atoms with Crippen LogP contribution in [0.2, 0.25) is 0 Å². The molecule has 1 aromatic rings. The van der Waals surface area contributed by atoms with Gasteiger partial charge in [0.05, 0.1) is 12.7 Å². The molecule has 25 heavy (non-hydrogen) atoms. The summed E-state index contributed by atoms with van der Waals surface area (Å²) in [6.45, 7) is 2.25. The van der Waals surface area contributed by atoms with Crippen molar-refractivity contribution >= 4 is 6.03 Å². The minimum absolute atomic E-state index is 0.0115. The monoisotopic (exact) mass is 352 g/mol. The van der Waals surface area contributed by atoms with E-state index in [4.69, 9.17) is 14.0 Å². The van der Waals surface area contributed by atoms with Crippen LogP contribution in [0, 0.1) is 0 Å². The lowest BCUT2D eigenvalue weighted by molar-refractivity contribution is -0.0105. The molecular weight excluding hydrogens is 324 g/mol. The Morgan fingerprint density at radius 2 is 2.16 bits per heavy atom. The number of nitrogens with one attached hydrogen (secondary N) is 1. The highest BCUT2D eigenvalue weighted by atomic mass is 16.5. The van der Waals surface area contributed by atoms with Gasteiger partial charge in [-0.1, -0.05) is 18.0 Å². The minimum Gasteiger partial charge on any atom is -0.384 e. The Balaban J connectivity index is 1.41. The summed E-state index contributed by atoms with van der Waals surface area (Å²) in [6, 6.07) is 0.387. The number of ether oxygens (including phenoxy) is 2. The maximum atomic E-state index is 12.4. The van der Waals surface area contributed by atoms with E-state index in [-0.39, 0.29) is 18.7 Å². The smallest absolute Gasteiger partial charge is 0.317 e. The molecule has 1 aromatic heterocycles. The van der Waals surface area contributed by atoms with E-state index in [1.54, 1.807) is 7.11 Å². The molecule has 140 valence electrons. The Labute approximate surface area is 148 Å². The predicted octanol–water partition coefficient (Wildman–Crippen LogP) is 1.89. The standard InChI is InChI=1S/C17H28N4O4/c1-23-10-8-15-19-16(25-20-15)12-24-14-7-4-9-21(11-14)17(22)18-13-5-2-3-6-13/h13-14H,2-12H2,1H3,(H,18,22). The zero-order chi connectivity index (χ0) is 17.5. The molecule has 1 N–H and O–H groups in total. The van der Waals surface area contributed by atoms with Crippen LogP contribution in [-0.4, -0.2) is 60.0 Å². The Kier molecular flexibility index (Phi) is 6.63. The van der Waals surface area contributed by atoms with Crippen LogP contribution < -0.4 is 5.32 Å². The molecule has 1 saturated heterocycles. The molecule has 0 radical (unpaired) electrons. The van der Waals surface area contributed by atoms with Gasteiger partial charge in [-0.05, 0) is 25.7 Å². The Hall–Kier alpha value is -1.67. The van der Waals surface area contributed by atoms with Crippen molar-refractivity contribution < 1.29 is 18.8 Å². The largest absolute Gasteiger partial charge is 0.384 e. The van der Waals surface area contributed by atoms with Crippen molar-refractivity contribution in [3.63, 3.8) is 0 Å². The van der Waals surface area contributed by atoms with Gasteiger partial charge in [-0.3, -0.25) is 0 Å². The van der Waals surface area contributed by atoms with Gasteiger partial charge in [0.15, 0.2) is 5.82 Å². The van der Waals surface area contributed by atoms with E-state index in [1.165, 1.54) is 12.8 Å². The maximum absolute atomic E-state index is 12.4. The van der Waals surface area contributed by atoms with E-state index in [2.05, 4.69) is 15.5 Å². The molecule has 1 aliphatic carbocycles. The lowest BCUT2D eigenvalue weighted by Crippen LogP contribution is -2.49. The first kappa shape index (κ1) is 18.1. The van der Waals surface area contributed by atoms with Crippen molar-refractivity contribution in [1.82, 2.24) is 20.4 Å². The number of urea groups is 1. The summed E-state index contributed by atoms with van der Waals surface area (Å²) >= 11 is 0. The maximum Gasteiger partial charge on any atom is 0.317 e. The summed E-state index contributed by atoms with van der Waals surface area (Å²) in [7, 11) is 1.64. The van der Waals surface area contributed by atoms with Crippen LogP contribution in [0.5, 0.6) is 0 Å². The fourth-order valence-corrected chi connectivity index (χ4v) is 3.43. The van der Waals surface area contributed by atoms with Crippen LogP contribution in [0.25, 0.3) is 0 Å². The number of hydrogen-bond donors (Lipinski definition) is 1. The molecule has 2 heterocycles. The van der Waals surface area contributed by atoms with Gasteiger partial charge in [0, 0.05) is 32.7 Å². The van der Waals surface area contributed by atoms with Gasteiger partial charge in [0.2, 0.25) is 0 Å². The van der Waals surface area contributed by atoms with Crippen molar-refractivity contribution in [3.8, 4) is 0 Å². The second-order valence-electron chi connectivity index (χ2n) is 6.80. The molecule has 2 aliphatic rings. The van der Waals surface area contributed by atoms with E-state index >= 15 is 0 Å². The van der Waals surface area contributed by atoms with Crippen LogP contribution in [0.4, 0.5) is 4.79 Å². The SMILES string of the molecule is COCCc1noc(COC2CCCN(C(=O)NC3CCCC3)C2)n1. The van der Waals surface area contributed by atoms with Gasteiger partial charge in [0.1, 0.15) is 6.61 Å². The average Bonchev–Trinajstić information content (AvgIpc) is 3.30. The molecular formula is C17H28N4O4. The summed E-state index contributed by atoms with van der Waals surface area (Å²) < 4.78 is 16.1. The number of carbonyl (C=O) groups is 1. The van der Waals surface area contributed by atoms with Crippen molar-refractivity contribution in [1.29, 1.82) is 0 Å². The number of aromatic nitrogens is 2. The van der Waals surface area contributed by atoms with E-state index in [0.29, 0.717) is 37.3 Å². The molecule has 1 unspecified atom stereocenters. The molecule has 2 fully saturated rings. The molecule has 3 rings (SSSR count). The Morgan fingerprint density at radius 1 is 1.32 bits per heavy atom. The second kappa shape index (κ2) is 9.15. The molecule has 1 atom stereocenters. The zero-order valence-electron chi connectivity index (χ0n) is 14.9. The van der Waals surface area contributed by atoms with Gasteiger partial charge in [0.25, 0.3) is 5.89 Å². The van der Waals surface area contributed by atoms with Crippen LogP contribution in [-0.2, 0) is 22.5 Å².